The lowest BCUT2D eigenvalue weighted by Crippen LogP contribution is -2.46. The number of amides is 3. The highest BCUT2D eigenvalue weighted by Crippen LogP contribution is 2.16. The number of anilines is 1. The number of nitrogens with one attached hydrogen (secondary N) is 2. The van der Waals surface area contributed by atoms with E-state index in [2.05, 4.69) is 10.6 Å². The molecule has 0 saturated carbocycles. The van der Waals surface area contributed by atoms with E-state index in [1.54, 1.807) is 65.6 Å². The van der Waals surface area contributed by atoms with Gasteiger partial charge in [0.25, 0.3) is 17.7 Å². The molecule has 2 N–H and O–H groups in total. The van der Waals surface area contributed by atoms with Gasteiger partial charge in [0, 0.05) is 35.9 Å². The molecule has 2 aromatic carbocycles. The van der Waals surface area contributed by atoms with Crippen LogP contribution in [0.25, 0.3) is 0 Å². The van der Waals surface area contributed by atoms with Crippen molar-refractivity contribution >= 4 is 23.4 Å². The van der Waals surface area contributed by atoms with Crippen molar-refractivity contribution in [3.05, 3.63) is 89.9 Å². The van der Waals surface area contributed by atoms with Gasteiger partial charge in [-0.15, -0.1) is 0 Å². The number of benzene rings is 2. The van der Waals surface area contributed by atoms with Crippen LogP contribution in [0.5, 0.6) is 0 Å². The predicted molar refractivity (Wildman–Crippen MR) is 116 cm³/mol. The zero-order chi connectivity index (χ0) is 21.6. The van der Waals surface area contributed by atoms with Gasteiger partial charge in [-0.25, -0.2) is 0 Å². The fourth-order valence-corrected chi connectivity index (χ4v) is 3.55. The fraction of sp³-hybridized carbons (Fsp3) is 0.208. The van der Waals surface area contributed by atoms with E-state index in [4.69, 9.17) is 4.42 Å². The summed E-state index contributed by atoms with van der Waals surface area (Å²) in [4.78, 5) is 38.9. The number of hydrogen-bond donors (Lipinski definition) is 2. The normalized spacial score (nSPS) is 14.1. The molecule has 2 heterocycles. The Kier molecular flexibility index (Phi) is 6.12. The number of hydrogen-bond acceptors (Lipinski definition) is 4. The van der Waals surface area contributed by atoms with Crippen molar-refractivity contribution in [3.8, 4) is 0 Å². The number of piperidine rings is 1. The van der Waals surface area contributed by atoms with Gasteiger partial charge in [0.2, 0.25) is 0 Å². The van der Waals surface area contributed by atoms with Crippen molar-refractivity contribution < 1.29 is 18.8 Å². The molecule has 1 saturated heterocycles. The van der Waals surface area contributed by atoms with Crippen LogP contribution in [0.15, 0.2) is 77.4 Å². The Morgan fingerprint density at radius 3 is 2.13 bits per heavy atom. The first kappa shape index (κ1) is 20.4. The van der Waals surface area contributed by atoms with E-state index in [9.17, 15) is 14.4 Å². The van der Waals surface area contributed by atoms with E-state index in [-0.39, 0.29) is 23.8 Å². The maximum atomic E-state index is 12.6. The second-order valence-electron chi connectivity index (χ2n) is 7.41. The van der Waals surface area contributed by atoms with E-state index in [1.165, 1.54) is 6.26 Å². The lowest BCUT2D eigenvalue weighted by Gasteiger charge is -2.31. The van der Waals surface area contributed by atoms with Gasteiger partial charge in [-0.2, -0.15) is 0 Å². The third-order valence-corrected chi connectivity index (χ3v) is 5.29. The van der Waals surface area contributed by atoms with E-state index >= 15 is 0 Å². The van der Waals surface area contributed by atoms with Gasteiger partial charge in [-0.1, -0.05) is 18.2 Å². The van der Waals surface area contributed by atoms with Crippen LogP contribution in [0, 0.1) is 0 Å². The fourth-order valence-electron chi connectivity index (χ4n) is 3.55. The largest absolute Gasteiger partial charge is 0.459 e. The number of carbonyl (C=O) groups excluding carboxylic acids is 3. The Hall–Kier alpha value is -3.87. The second-order valence-corrected chi connectivity index (χ2v) is 7.41. The Morgan fingerprint density at radius 1 is 0.806 bits per heavy atom. The zero-order valence-corrected chi connectivity index (χ0v) is 16.9. The van der Waals surface area contributed by atoms with Gasteiger partial charge in [-0.3, -0.25) is 14.4 Å². The molecule has 158 valence electrons. The first-order chi connectivity index (χ1) is 15.1. The maximum Gasteiger partial charge on any atom is 0.289 e. The lowest BCUT2D eigenvalue weighted by molar-refractivity contribution is 0.0667. The Labute approximate surface area is 180 Å². The first-order valence-electron chi connectivity index (χ1n) is 10.2. The van der Waals surface area contributed by atoms with Crippen molar-refractivity contribution in [3.63, 3.8) is 0 Å². The summed E-state index contributed by atoms with van der Waals surface area (Å²) in [6.45, 7) is 1.13. The van der Waals surface area contributed by atoms with E-state index in [1.807, 2.05) is 6.07 Å². The molecule has 4 rings (SSSR count). The van der Waals surface area contributed by atoms with Gasteiger partial charge in [0.15, 0.2) is 5.76 Å². The summed E-state index contributed by atoms with van der Waals surface area (Å²) in [5.41, 5.74) is 1.71. The molecule has 7 heteroatoms. The molecule has 1 aliphatic rings. The highest BCUT2D eigenvalue weighted by Gasteiger charge is 2.26. The Balaban J connectivity index is 1.27. The topological polar surface area (TPSA) is 91.7 Å². The Bertz CT molecular complexity index is 1040. The second kappa shape index (κ2) is 9.30. The average molecular weight is 417 g/mol. The van der Waals surface area contributed by atoms with Crippen LogP contribution in [0.1, 0.15) is 44.1 Å². The average Bonchev–Trinajstić information content (AvgIpc) is 3.35. The lowest BCUT2D eigenvalue weighted by atomic mass is 10.0. The first-order valence-corrected chi connectivity index (χ1v) is 10.2. The molecule has 1 fully saturated rings. The van der Waals surface area contributed by atoms with Crippen LogP contribution < -0.4 is 10.6 Å². The third-order valence-electron chi connectivity index (χ3n) is 5.29. The van der Waals surface area contributed by atoms with Crippen molar-refractivity contribution in [2.24, 2.45) is 0 Å². The standard InChI is InChI=1S/C24H23N3O4/c28-22(17-5-2-1-3-6-17)25-19-10-8-18(9-11-19)23(29)26-20-12-14-27(15-13-20)24(30)21-7-4-16-31-21/h1-11,16,20H,12-15H2,(H,25,28)(H,26,29). The van der Waals surface area contributed by atoms with Gasteiger partial charge in [0.05, 0.1) is 6.26 Å². The summed E-state index contributed by atoms with van der Waals surface area (Å²) in [7, 11) is 0. The molecule has 1 aromatic heterocycles. The molecule has 0 bridgehead atoms. The predicted octanol–water partition coefficient (Wildman–Crippen LogP) is 3.57. The Morgan fingerprint density at radius 2 is 1.48 bits per heavy atom. The number of carbonyl (C=O) groups is 3. The molecular formula is C24H23N3O4. The zero-order valence-electron chi connectivity index (χ0n) is 16.9. The number of nitrogens with zero attached hydrogens (tertiary/aromatic N) is 1. The van der Waals surface area contributed by atoms with Crippen LogP contribution in [0.4, 0.5) is 5.69 Å². The van der Waals surface area contributed by atoms with Gasteiger partial charge < -0.3 is 20.0 Å². The molecule has 0 aliphatic carbocycles. The van der Waals surface area contributed by atoms with Gasteiger partial charge >= 0.3 is 0 Å². The highest BCUT2D eigenvalue weighted by molar-refractivity contribution is 6.04. The van der Waals surface area contributed by atoms with Crippen LogP contribution in [0.2, 0.25) is 0 Å². The van der Waals surface area contributed by atoms with Crippen LogP contribution in [-0.2, 0) is 0 Å². The van der Waals surface area contributed by atoms with Crippen molar-refractivity contribution in [2.45, 2.75) is 18.9 Å². The van der Waals surface area contributed by atoms with Crippen LogP contribution in [0.3, 0.4) is 0 Å². The van der Waals surface area contributed by atoms with Crippen molar-refractivity contribution in [2.75, 3.05) is 18.4 Å². The number of furan rings is 1. The van der Waals surface area contributed by atoms with E-state index in [0.717, 1.165) is 0 Å². The maximum absolute atomic E-state index is 12.6. The van der Waals surface area contributed by atoms with Crippen molar-refractivity contribution in [1.29, 1.82) is 0 Å². The molecule has 3 amide bonds. The molecule has 7 nitrogen and oxygen atoms in total. The van der Waals surface area contributed by atoms with E-state index in [0.29, 0.717) is 48.5 Å². The van der Waals surface area contributed by atoms with E-state index < -0.39 is 0 Å². The van der Waals surface area contributed by atoms with Crippen LogP contribution in [-0.4, -0.2) is 41.8 Å². The summed E-state index contributed by atoms with van der Waals surface area (Å²) in [5, 5.41) is 5.84. The summed E-state index contributed by atoms with van der Waals surface area (Å²) >= 11 is 0. The minimum atomic E-state index is -0.200. The quantitative estimate of drug-likeness (QED) is 0.664. The minimum absolute atomic E-state index is 0.00520. The van der Waals surface area contributed by atoms with Crippen LogP contribution >= 0.6 is 0 Å². The highest BCUT2D eigenvalue weighted by atomic mass is 16.3. The number of rotatable bonds is 5. The molecule has 1 aliphatic heterocycles. The molecule has 0 radical (unpaired) electrons. The summed E-state index contributed by atoms with van der Waals surface area (Å²) < 4.78 is 5.17. The monoisotopic (exact) mass is 417 g/mol. The molecule has 3 aromatic rings. The summed E-state index contributed by atoms with van der Waals surface area (Å²) in [5.74, 6) is -0.157. The van der Waals surface area contributed by atoms with Gasteiger partial charge in [0.1, 0.15) is 0 Å². The number of likely N-dealkylation sites (tertiary alicyclic amines) is 1. The minimum Gasteiger partial charge on any atom is -0.459 e. The smallest absolute Gasteiger partial charge is 0.289 e. The third kappa shape index (κ3) is 5.01. The SMILES string of the molecule is O=C(Nc1ccc(C(=O)NC2CCN(C(=O)c3ccco3)CC2)cc1)c1ccccc1. The molecule has 0 unspecified atom stereocenters. The summed E-state index contributed by atoms with van der Waals surface area (Å²) in [6.07, 6.45) is 2.85. The molecule has 0 spiro atoms. The molecular weight excluding hydrogens is 394 g/mol. The van der Waals surface area contributed by atoms with Gasteiger partial charge in [-0.05, 0) is 61.4 Å². The molecule has 0 atom stereocenters. The summed E-state index contributed by atoms with van der Waals surface area (Å²) in [6, 6.07) is 19.1. The van der Waals surface area contributed by atoms with Crippen molar-refractivity contribution in [1.82, 2.24) is 10.2 Å². The molecule has 31 heavy (non-hydrogen) atoms.